The number of azo groups is 1. The first-order chi connectivity index (χ1) is 12.1. The Kier molecular flexibility index (Phi) is 14.6. The van der Waals surface area contributed by atoms with E-state index in [9.17, 15) is 0 Å². The zero-order valence-electron chi connectivity index (χ0n) is 16.3. The first-order valence-corrected chi connectivity index (χ1v) is 8.74. The third-order valence-corrected chi connectivity index (χ3v) is 5.08. The Balaban J connectivity index is 0. The van der Waals surface area contributed by atoms with Crippen molar-refractivity contribution in [2.24, 2.45) is 17.3 Å². The summed E-state index contributed by atoms with van der Waals surface area (Å²) in [5.41, 5.74) is 2.92. The molecule has 1 N–H and O–H groups in total. The van der Waals surface area contributed by atoms with E-state index in [2.05, 4.69) is 10.2 Å². The van der Waals surface area contributed by atoms with Gasteiger partial charge in [0.25, 0.3) is 0 Å². The zero-order chi connectivity index (χ0) is 17.8. The summed E-state index contributed by atoms with van der Waals surface area (Å²) >= 11 is 1.57. The maximum Gasteiger partial charge on any atom is 2.00 e. The number of ether oxygens (including phenoxy) is 1. The number of thiazole rings is 1. The minimum absolute atomic E-state index is 0. The molecule has 0 saturated heterocycles. The molecule has 0 spiro atoms. The van der Waals surface area contributed by atoms with E-state index in [1.54, 1.807) is 18.4 Å². The van der Waals surface area contributed by atoms with Gasteiger partial charge in [0.15, 0.2) is 0 Å². The number of rotatable bonds is 6. The molecule has 0 bridgehead atoms. The fraction of sp³-hybridized carbons (Fsp3) is 0.278. The SMILES string of the molecule is COc1ccc2c(c1)sc(N=Nc1ccc(N(C)CCO)cc1)[n+]2C.[Cl-].[Cl-].[Cl-].[Zn+2]. The molecule has 0 atom stereocenters. The molecule has 11 heteroatoms. The predicted molar refractivity (Wildman–Crippen MR) is 101 cm³/mol. The quantitative estimate of drug-likeness (QED) is 0.197. The van der Waals surface area contributed by atoms with Crippen LogP contribution in [0.3, 0.4) is 0 Å². The van der Waals surface area contributed by atoms with E-state index in [0.717, 1.165) is 32.5 Å². The van der Waals surface area contributed by atoms with Gasteiger partial charge >= 0.3 is 24.6 Å². The number of methoxy groups -OCH3 is 1. The monoisotopic (exact) mass is 526 g/mol. The summed E-state index contributed by atoms with van der Waals surface area (Å²) in [7, 11) is 5.59. The fourth-order valence-corrected chi connectivity index (χ4v) is 3.49. The number of halogens is 3. The Morgan fingerprint density at radius 3 is 2.31 bits per heavy atom. The van der Waals surface area contributed by atoms with Crippen LogP contribution in [0.25, 0.3) is 10.2 Å². The van der Waals surface area contributed by atoms with E-state index in [1.807, 2.05) is 66.0 Å². The summed E-state index contributed by atoms with van der Waals surface area (Å²) in [6, 6.07) is 13.8. The van der Waals surface area contributed by atoms with Crippen molar-refractivity contribution in [3.63, 3.8) is 0 Å². The number of anilines is 1. The van der Waals surface area contributed by atoms with E-state index in [4.69, 9.17) is 9.84 Å². The van der Waals surface area contributed by atoms with Gasteiger partial charge in [-0.05, 0) is 52.8 Å². The molecule has 2 aromatic carbocycles. The van der Waals surface area contributed by atoms with Gasteiger partial charge in [-0.1, -0.05) is 0 Å². The summed E-state index contributed by atoms with van der Waals surface area (Å²) in [5, 5.41) is 18.6. The van der Waals surface area contributed by atoms with Gasteiger partial charge in [0, 0.05) is 25.3 Å². The molecule has 0 aliphatic rings. The molecule has 3 aromatic rings. The van der Waals surface area contributed by atoms with Gasteiger partial charge in [0.1, 0.15) is 17.0 Å². The van der Waals surface area contributed by atoms with E-state index in [1.165, 1.54) is 0 Å². The summed E-state index contributed by atoms with van der Waals surface area (Å²) in [6.45, 7) is 0.729. The van der Waals surface area contributed by atoms with Crippen LogP contribution in [-0.2, 0) is 26.5 Å². The number of fused-ring (bicyclic) bond motifs is 1. The third-order valence-electron chi connectivity index (χ3n) is 3.99. The second kappa shape index (κ2) is 14.1. The van der Waals surface area contributed by atoms with Gasteiger partial charge in [-0.2, -0.15) is 0 Å². The molecule has 0 radical (unpaired) electrons. The third kappa shape index (κ3) is 7.32. The van der Waals surface area contributed by atoms with Crippen LogP contribution in [0.1, 0.15) is 0 Å². The molecular formula is C18H21Cl3N4O2SZn. The van der Waals surface area contributed by atoms with Crippen LogP contribution in [0.5, 0.6) is 5.75 Å². The number of hydrogen-bond donors (Lipinski definition) is 1. The number of likely N-dealkylation sites (N-methyl/N-ethyl adjacent to an activating group) is 1. The second-order valence-electron chi connectivity index (χ2n) is 5.64. The van der Waals surface area contributed by atoms with Crippen molar-refractivity contribution in [3.8, 4) is 5.75 Å². The average molecular weight is 529 g/mol. The van der Waals surface area contributed by atoms with Crippen molar-refractivity contribution in [2.75, 3.05) is 32.2 Å². The van der Waals surface area contributed by atoms with Crippen molar-refractivity contribution in [1.29, 1.82) is 0 Å². The molecule has 0 saturated carbocycles. The number of aliphatic hydroxyl groups excluding tert-OH is 1. The van der Waals surface area contributed by atoms with Gasteiger partial charge in [-0.15, -0.1) is 0 Å². The number of hydrogen-bond acceptors (Lipinski definition) is 6. The number of nitrogens with zero attached hydrogens (tertiary/aromatic N) is 4. The molecule has 0 aliphatic heterocycles. The molecule has 3 rings (SSSR count). The molecule has 6 nitrogen and oxygen atoms in total. The largest absolute Gasteiger partial charge is 2.00 e. The molecular weight excluding hydrogens is 508 g/mol. The van der Waals surface area contributed by atoms with Crippen LogP contribution in [0.2, 0.25) is 0 Å². The molecule has 1 aromatic heterocycles. The van der Waals surface area contributed by atoms with Gasteiger partial charge in [-0.3, -0.25) is 0 Å². The van der Waals surface area contributed by atoms with Crippen LogP contribution in [0, 0.1) is 0 Å². The maximum atomic E-state index is 9.00. The van der Waals surface area contributed by atoms with Gasteiger partial charge < -0.3 is 52.0 Å². The van der Waals surface area contributed by atoms with E-state index in [0.29, 0.717) is 6.54 Å². The molecule has 0 unspecified atom stereocenters. The summed E-state index contributed by atoms with van der Waals surface area (Å²) in [5.74, 6) is 0.834. The van der Waals surface area contributed by atoms with Crippen LogP contribution in [0.4, 0.5) is 16.5 Å². The molecule has 29 heavy (non-hydrogen) atoms. The van der Waals surface area contributed by atoms with Crippen molar-refractivity contribution in [1.82, 2.24) is 0 Å². The second-order valence-corrected chi connectivity index (χ2v) is 6.65. The molecule has 1 heterocycles. The number of aromatic nitrogens is 1. The summed E-state index contributed by atoms with van der Waals surface area (Å²) < 4.78 is 8.40. The number of benzene rings is 2. The first kappa shape index (κ1) is 30.2. The Morgan fingerprint density at radius 2 is 1.72 bits per heavy atom. The maximum absolute atomic E-state index is 9.00. The summed E-state index contributed by atoms with van der Waals surface area (Å²) in [4.78, 5) is 1.99. The number of aryl methyl sites for hydroxylation is 1. The molecule has 154 valence electrons. The predicted octanol–water partition coefficient (Wildman–Crippen LogP) is -5.41. The van der Waals surface area contributed by atoms with Crippen LogP contribution in [0.15, 0.2) is 52.7 Å². The Bertz CT molecular complexity index is 910. The Morgan fingerprint density at radius 1 is 1.07 bits per heavy atom. The zero-order valence-corrected chi connectivity index (χ0v) is 22.4. The fourth-order valence-electron chi connectivity index (χ4n) is 2.49. The average Bonchev–Trinajstić information content (AvgIpc) is 2.95. The Labute approximate surface area is 206 Å². The van der Waals surface area contributed by atoms with E-state index in [-0.39, 0.29) is 63.3 Å². The number of aliphatic hydroxyl groups is 1. The van der Waals surface area contributed by atoms with Crippen LogP contribution in [-0.4, -0.2) is 32.4 Å². The van der Waals surface area contributed by atoms with E-state index >= 15 is 0 Å². The van der Waals surface area contributed by atoms with Crippen molar-refractivity contribution >= 4 is 38.1 Å². The van der Waals surface area contributed by atoms with Crippen molar-refractivity contribution < 1.29 is 71.1 Å². The van der Waals surface area contributed by atoms with Gasteiger partial charge in [-0.25, -0.2) is 4.57 Å². The van der Waals surface area contributed by atoms with Crippen molar-refractivity contribution in [2.45, 2.75) is 0 Å². The van der Waals surface area contributed by atoms with Gasteiger partial charge in [0.2, 0.25) is 0 Å². The van der Waals surface area contributed by atoms with Crippen LogP contribution < -0.4 is 51.4 Å². The van der Waals surface area contributed by atoms with E-state index < -0.39 is 0 Å². The topological polar surface area (TPSA) is 61.3 Å². The first-order valence-electron chi connectivity index (χ1n) is 7.92. The minimum Gasteiger partial charge on any atom is -1.00 e. The molecule has 0 fully saturated rings. The Hall–Kier alpha value is -1.02. The smallest absolute Gasteiger partial charge is 1.00 e. The van der Waals surface area contributed by atoms with Crippen LogP contribution >= 0.6 is 11.3 Å². The van der Waals surface area contributed by atoms with Gasteiger partial charge in [0.05, 0.1) is 30.6 Å². The van der Waals surface area contributed by atoms with Crippen molar-refractivity contribution in [3.05, 3.63) is 42.5 Å². The standard InChI is InChI=1S/C18H21N4O2S.3ClH.Zn/c1-21(10-11-23)14-6-4-13(5-7-14)19-20-18-22(2)16-9-8-15(24-3)12-17(16)25-18;;;;/h4-9,12,23H,10-11H2,1-3H3;3*1H;/q+1;;;;+2/p-3. The molecule has 0 amide bonds. The molecule has 0 aliphatic carbocycles. The summed E-state index contributed by atoms with van der Waals surface area (Å²) in [6.07, 6.45) is 0. The normalized spacial score (nSPS) is 9.79. The minimum atomic E-state index is 0.